The van der Waals surface area contributed by atoms with Gasteiger partial charge in [0.2, 0.25) is 0 Å². The maximum Gasteiger partial charge on any atom is 0.122 e. The molecule has 0 aliphatic rings. The van der Waals surface area contributed by atoms with Crippen LogP contribution in [-0.4, -0.2) is 0 Å². The van der Waals surface area contributed by atoms with E-state index in [0.717, 1.165) is 22.6 Å². The number of rotatable bonds is 3. The van der Waals surface area contributed by atoms with Gasteiger partial charge in [-0.25, -0.2) is 0 Å². The van der Waals surface area contributed by atoms with Gasteiger partial charge < -0.3 is 10.5 Å². The zero-order valence-electron chi connectivity index (χ0n) is 9.31. The molecule has 0 bridgehead atoms. The molecule has 0 spiro atoms. The van der Waals surface area contributed by atoms with Crippen molar-refractivity contribution in [1.82, 2.24) is 0 Å². The van der Waals surface area contributed by atoms with Crippen LogP contribution in [-0.2, 0) is 6.61 Å². The first-order valence-corrected chi connectivity index (χ1v) is 5.28. The van der Waals surface area contributed by atoms with Gasteiger partial charge in [-0.05, 0) is 30.2 Å². The Morgan fingerprint density at radius 1 is 1.06 bits per heavy atom. The lowest BCUT2D eigenvalue weighted by atomic mass is 10.2. The Labute approximate surface area is 95.7 Å². The fraction of sp³-hybridized carbons (Fsp3) is 0.143. The van der Waals surface area contributed by atoms with E-state index in [-0.39, 0.29) is 0 Å². The van der Waals surface area contributed by atoms with Gasteiger partial charge in [0.15, 0.2) is 0 Å². The molecule has 0 amide bonds. The van der Waals surface area contributed by atoms with Crippen LogP contribution in [0.2, 0.25) is 0 Å². The van der Waals surface area contributed by atoms with Gasteiger partial charge in [-0.1, -0.05) is 30.3 Å². The van der Waals surface area contributed by atoms with E-state index in [1.54, 1.807) is 0 Å². The molecule has 0 radical (unpaired) electrons. The summed E-state index contributed by atoms with van der Waals surface area (Å²) in [5.74, 6) is 0.821. The number of ether oxygens (including phenoxy) is 1. The summed E-state index contributed by atoms with van der Waals surface area (Å²) in [6.07, 6.45) is 0. The quantitative estimate of drug-likeness (QED) is 0.795. The number of nitrogens with two attached hydrogens (primary N) is 1. The molecule has 2 aromatic rings. The van der Waals surface area contributed by atoms with Crippen LogP contribution in [0.3, 0.4) is 0 Å². The third-order valence-corrected chi connectivity index (χ3v) is 2.32. The normalized spacial score (nSPS) is 10.1. The largest absolute Gasteiger partial charge is 0.489 e. The summed E-state index contributed by atoms with van der Waals surface area (Å²) in [5.41, 5.74) is 8.76. The Morgan fingerprint density at radius 2 is 1.81 bits per heavy atom. The van der Waals surface area contributed by atoms with E-state index in [0.29, 0.717) is 6.61 Å². The fourth-order valence-corrected chi connectivity index (χ4v) is 1.60. The average molecular weight is 213 g/mol. The molecule has 0 atom stereocenters. The molecule has 16 heavy (non-hydrogen) atoms. The van der Waals surface area contributed by atoms with Crippen molar-refractivity contribution in [3.8, 4) is 5.75 Å². The molecule has 0 unspecified atom stereocenters. The molecule has 0 aliphatic carbocycles. The van der Waals surface area contributed by atoms with Crippen molar-refractivity contribution in [2.45, 2.75) is 13.5 Å². The van der Waals surface area contributed by atoms with Gasteiger partial charge in [0, 0.05) is 11.8 Å². The van der Waals surface area contributed by atoms with Gasteiger partial charge in [0.05, 0.1) is 0 Å². The van der Waals surface area contributed by atoms with Crippen molar-refractivity contribution in [3.05, 3.63) is 59.7 Å². The van der Waals surface area contributed by atoms with Crippen LogP contribution in [0.5, 0.6) is 5.75 Å². The molecule has 0 saturated carbocycles. The van der Waals surface area contributed by atoms with Gasteiger partial charge in [0.1, 0.15) is 12.4 Å². The molecule has 2 N–H and O–H groups in total. The van der Waals surface area contributed by atoms with E-state index in [2.05, 4.69) is 0 Å². The molecule has 2 rings (SSSR count). The van der Waals surface area contributed by atoms with Crippen molar-refractivity contribution in [3.63, 3.8) is 0 Å². The molecular weight excluding hydrogens is 198 g/mol. The Hall–Kier alpha value is -1.96. The molecule has 0 fully saturated rings. The Kier molecular flexibility index (Phi) is 3.10. The minimum Gasteiger partial charge on any atom is -0.489 e. The number of anilines is 1. The maximum absolute atomic E-state index is 5.75. The number of hydrogen-bond acceptors (Lipinski definition) is 2. The number of aryl methyl sites for hydroxylation is 1. The van der Waals surface area contributed by atoms with Gasteiger partial charge >= 0.3 is 0 Å². The van der Waals surface area contributed by atoms with Crippen LogP contribution in [0, 0.1) is 6.92 Å². The Bertz CT molecular complexity index is 445. The molecule has 0 aliphatic heterocycles. The van der Waals surface area contributed by atoms with Crippen molar-refractivity contribution in [2.24, 2.45) is 0 Å². The van der Waals surface area contributed by atoms with E-state index >= 15 is 0 Å². The zero-order valence-corrected chi connectivity index (χ0v) is 9.31. The van der Waals surface area contributed by atoms with E-state index in [4.69, 9.17) is 10.5 Å². The SMILES string of the molecule is Cc1cc(N)cc(OCc2ccccc2)c1. The lowest BCUT2D eigenvalue weighted by Crippen LogP contribution is -1.96. The number of benzene rings is 2. The van der Waals surface area contributed by atoms with Crippen LogP contribution < -0.4 is 10.5 Å². The van der Waals surface area contributed by atoms with Gasteiger partial charge in [-0.2, -0.15) is 0 Å². The van der Waals surface area contributed by atoms with Crippen LogP contribution >= 0.6 is 0 Å². The van der Waals surface area contributed by atoms with Gasteiger partial charge in [-0.3, -0.25) is 0 Å². The highest BCUT2D eigenvalue weighted by atomic mass is 16.5. The molecule has 2 nitrogen and oxygen atoms in total. The molecule has 2 heteroatoms. The first kappa shape index (κ1) is 10.6. The fourth-order valence-electron chi connectivity index (χ4n) is 1.60. The molecular formula is C14H15NO. The molecule has 0 aromatic heterocycles. The first-order valence-electron chi connectivity index (χ1n) is 5.28. The summed E-state index contributed by atoms with van der Waals surface area (Å²) in [4.78, 5) is 0. The van der Waals surface area contributed by atoms with Gasteiger partial charge in [-0.15, -0.1) is 0 Å². The average Bonchev–Trinajstić information content (AvgIpc) is 2.27. The van der Waals surface area contributed by atoms with Crippen LogP contribution in [0.4, 0.5) is 5.69 Å². The second kappa shape index (κ2) is 4.71. The lowest BCUT2D eigenvalue weighted by molar-refractivity contribution is 0.306. The summed E-state index contributed by atoms with van der Waals surface area (Å²) in [7, 11) is 0. The third-order valence-electron chi connectivity index (χ3n) is 2.32. The molecule has 2 aromatic carbocycles. The van der Waals surface area contributed by atoms with Crippen molar-refractivity contribution < 1.29 is 4.74 Å². The summed E-state index contributed by atoms with van der Waals surface area (Å²) in [6, 6.07) is 15.8. The van der Waals surface area contributed by atoms with Crippen molar-refractivity contribution in [2.75, 3.05) is 5.73 Å². The smallest absolute Gasteiger partial charge is 0.122 e. The second-order valence-electron chi connectivity index (χ2n) is 3.85. The third kappa shape index (κ3) is 2.76. The summed E-state index contributed by atoms with van der Waals surface area (Å²) in [6.45, 7) is 2.58. The molecule has 0 saturated heterocycles. The van der Waals surface area contributed by atoms with Crippen LogP contribution in [0.25, 0.3) is 0 Å². The van der Waals surface area contributed by atoms with E-state index in [1.807, 2.05) is 55.5 Å². The minimum absolute atomic E-state index is 0.573. The first-order chi connectivity index (χ1) is 7.74. The summed E-state index contributed by atoms with van der Waals surface area (Å²) in [5, 5.41) is 0. The lowest BCUT2D eigenvalue weighted by Gasteiger charge is -2.08. The second-order valence-corrected chi connectivity index (χ2v) is 3.85. The highest BCUT2D eigenvalue weighted by molar-refractivity contribution is 5.47. The van der Waals surface area contributed by atoms with E-state index < -0.39 is 0 Å². The summed E-state index contributed by atoms with van der Waals surface area (Å²) < 4.78 is 5.67. The number of nitrogen functional groups attached to an aromatic ring is 1. The standard InChI is InChI=1S/C14H15NO/c1-11-7-13(15)9-14(8-11)16-10-12-5-3-2-4-6-12/h2-9H,10,15H2,1H3. The molecule has 0 heterocycles. The van der Waals surface area contributed by atoms with Crippen molar-refractivity contribution >= 4 is 5.69 Å². The maximum atomic E-state index is 5.75. The zero-order chi connectivity index (χ0) is 11.4. The highest BCUT2D eigenvalue weighted by Gasteiger charge is 1.98. The van der Waals surface area contributed by atoms with Crippen LogP contribution in [0.1, 0.15) is 11.1 Å². The van der Waals surface area contributed by atoms with E-state index in [9.17, 15) is 0 Å². The van der Waals surface area contributed by atoms with Crippen LogP contribution in [0.15, 0.2) is 48.5 Å². The Morgan fingerprint density at radius 3 is 2.50 bits per heavy atom. The predicted octanol–water partition coefficient (Wildman–Crippen LogP) is 3.16. The topological polar surface area (TPSA) is 35.2 Å². The minimum atomic E-state index is 0.573. The monoisotopic (exact) mass is 213 g/mol. The summed E-state index contributed by atoms with van der Waals surface area (Å²) >= 11 is 0. The molecule has 82 valence electrons. The predicted molar refractivity (Wildman–Crippen MR) is 66.4 cm³/mol. The number of hydrogen-bond donors (Lipinski definition) is 1. The highest BCUT2D eigenvalue weighted by Crippen LogP contribution is 2.19. The van der Waals surface area contributed by atoms with Gasteiger partial charge in [0.25, 0.3) is 0 Å². The van der Waals surface area contributed by atoms with Crippen molar-refractivity contribution in [1.29, 1.82) is 0 Å². The Balaban J connectivity index is 2.05. The van der Waals surface area contributed by atoms with E-state index in [1.165, 1.54) is 0 Å².